The SMILES string of the molecule is CC(C)(C)OC(=O)N1CCC2(CC1)CC2C(=O)Nc1ccncc1. The van der Waals surface area contributed by atoms with Crippen molar-refractivity contribution in [3.05, 3.63) is 24.5 Å². The lowest BCUT2D eigenvalue weighted by Crippen LogP contribution is -2.42. The number of ether oxygens (including phenoxy) is 1. The number of carbonyl (C=O) groups is 2. The van der Waals surface area contributed by atoms with Crippen molar-refractivity contribution in [1.29, 1.82) is 0 Å². The van der Waals surface area contributed by atoms with Gasteiger partial charge in [-0.1, -0.05) is 0 Å². The molecule has 1 aliphatic carbocycles. The summed E-state index contributed by atoms with van der Waals surface area (Å²) in [6, 6.07) is 3.58. The van der Waals surface area contributed by atoms with Crippen molar-refractivity contribution < 1.29 is 14.3 Å². The molecule has 0 aromatic carbocycles. The number of pyridine rings is 1. The van der Waals surface area contributed by atoms with Gasteiger partial charge >= 0.3 is 6.09 Å². The molecule has 1 aromatic heterocycles. The average Bonchev–Trinajstić information content (AvgIpc) is 3.21. The van der Waals surface area contributed by atoms with Crippen LogP contribution in [0.2, 0.25) is 0 Å². The Kier molecular flexibility index (Phi) is 4.24. The molecule has 6 nitrogen and oxygen atoms in total. The molecular formula is C18H25N3O3. The largest absolute Gasteiger partial charge is 0.444 e. The van der Waals surface area contributed by atoms with E-state index in [1.54, 1.807) is 29.4 Å². The molecule has 1 saturated heterocycles. The predicted octanol–water partition coefficient (Wildman–Crippen LogP) is 3.06. The summed E-state index contributed by atoms with van der Waals surface area (Å²) in [6.07, 6.45) is 5.71. The van der Waals surface area contributed by atoms with E-state index in [4.69, 9.17) is 4.74 Å². The van der Waals surface area contributed by atoms with Crippen molar-refractivity contribution in [1.82, 2.24) is 9.88 Å². The summed E-state index contributed by atoms with van der Waals surface area (Å²) in [7, 11) is 0. The highest BCUT2D eigenvalue weighted by Gasteiger charge is 2.58. The molecular weight excluding hydrogens is 306 g/mol. The molecule has 2 aliphatic rings. The predicted molar refractivity (Wildman–Crippen MR) is 90.4 cm³/mol. The summed E-state index contributed by atoms with van der Waals surface area (Å²) in [5, 5.41) is 2.96. The summed E-state index contributed by atoms with van der Waals surface area (Å²) < 4.78 is 5.42. The summed E-state index contributed by atoms with van der Waals surface area (Å²) in [5.41, 5.74) is 0.372. The second kappa shape index (κ2) is 6.07. The number of anilines is 1. The van der Waals surface area contributed by atoms with Gasteiger partial charge in [-0.2, -0.15) is 0 Å². The monoisotopic (exact) mass is 331 g/mol. The third-order valence-electron chi connectivity index (χ3n) is 4.86. The first-order valence-electron chi connectivity index (χ1n) is 8.48. The van der Waals surface area contributed by atoms with Gasteiger partial charge in [-0.05, 0) is 57.6 Å². The maximum absolute atomic E-state index is 12.4. The van der Waals surface area contributed by atoms with Gasteiger partial charge in [0, 0.05) is 37.1 Å². The maximum atomic E-state index is 12.4. The van der Waals surface area contributed by atoms with Crippen LogP contribution in [0, 0.1) is 11.3 Å². The zero-order valence-corrected chi connectivity index (χ0v) is 14.5. The van der Waals surface area contributed by atoms with Crippen molar-refractivity contribution in [2.24, 2.45) is 11.3 Å². The number of hydrogen-bond donors (Lipinski definition) is 1. The second-order valence-electron chi connectivity index (χ2n) is 7.81. The van der Waals surface area contributed by atoms with E-state index < -0.39 is 5.60 Å². The van der Waals surface area contributed by atoms with E-state index in [-0.39, 0.29) is 23.3 Å². The van der Waals surface area contributed by atoms with Gasteiger partial charge in [-0.25, -0.2) is 4.79 Å². The van der Waals surface area contributed by atoms with Gasteiger partial charge in [0.15, 0.2) is 0 Å². The summed E-state index contributed by atoms with van der Waals surface area (Å²) >= 11 is 0. The van der Waals surface area contributed by atoms with E-state index in [2.05, 4.69) is 10.3 Å². The molecule has 1 unspecified atom stereocenters. The molecule has 6 heteroatoms. The van der Waals surface area contributed by atoms with Crippen molar-refractivity contribution in [3.63, 3.8) is 0 Å². The van der Waals surface area contributed by atoms with Crippen LogP contribution in [0.3, 0.4) is 0 Å². The highest BCUT2D eigenvalue weighted by molar-refractivity contribution is 5.95. The van der Waals surface area contributed by atoms with E-state index in [0.717, 1.165) is 24.9 Å². The third kappa shape index (κ3) is 3.68. The van der Waals surface area contributed by atoms with Gasteiger partial charge in [-0.15, -0.1) is 0 Å². The van der Waals surface area contributed by atoms with Crippen LogP contribution in [0.5, 0.6) is 0 Å². The van der Waals surface area contributed by atoms with Gasteiger partial charge in [0.25, 0.3) is 0 Å². The molecule has 3 rings (SSSR count). The van der Waals surface area contributed by atoms with E-state index in [9.17, 15) is 9.59 Å². The highest BCUT2D eigenvalue weighted by atomic mass is 16.6. The first kappa shape index (κ1) is 16.7. The van der Waals surface area contributed by atoms with Gasteiger partial charge < -0.3 is 15.0 Å². The summed E-state index contributed by atoms with van der Waals surface area (Å²) in [6.45, 7) is 6.94. The third-order valence-corrected chi connectivity index (χ3v) is 4.86. The molecule has 1 N–H and O–H groups in total. The molecule has 2 amide bonds. The maximum Gasteiger partial charge on any atom is 0.410 e. The van der Waals surface area contributed by atoms with Gasteiger partial charge in [0.1, 0.15) is 5.60 Å². The van der Waals surface area contributed by atoms with Crippen molar-refractivity contribution in [3.8, 4) is 0 Å². The molecule has 1 atom stereocenters. The Balaban J connectivity index is 1.50. The number of rotatable bonds is 2. The normalized spacial score (nSPS) is 22.1. The first-order valence-corrected chi connectivity index (χ1v) is 8.48. The van der Waals surface area contributed by atoms with Gasteiger partial charge in [0.2, 0.25) is 5.91 Å². The molecule has 1 spiro atoms. The van der Waals surface area contributed by atoms with Crippen LogP contribution < -0.4 is 5.32 Å². The zero-order chi connectivity index (χ0) is 17.4. The molecule has 0 radical (unpaired) electrons. The fourth-order valence-electron chi connectivity index (χ4n) is 3.40. The van der Waals surface area contributed by atoms with Crippen LogP contribution >= 0.6 is 0 Å². The Morgan fingerprint density at radius 1 is 1.25 bits per heavy atom. The number of likely N-dealkylation sites (tertiary alicyclic amines) is 1. The van der Waals surface area contributed by atoms with Crippen LogP contribution in [0.15, 0.2) is 24.5 Å². The summed E-state index contributed by atoms with van der Waals surface area (Å²) in [4.78, 5) is 30.2. The average molecular weight is 331 g/mol. The molecule has 24 heavy (non-hydrogen) atoms. The minimum atomic E-state index is -0.473. The van der Waals surface area contributed by atoms with E-state index in [0.29, 0.717) is 13.1 Å². The number of nitrogens with zero attached hydrogens (tertiary/aromatic N) is 2. The number of amides is 2. The molecule has 1 aromatic rings. The zero-order valence-electron chi connectivity index (χ0n) is 14.5. The fraction of sp³-hybridized carbons (Fsp3) is 0.611. The van der Waals surface area contributed by atoms with E-state index in [1.165, 1.54) is 0 Å². The van der Waals surface area contributed by atoms with Crippen molar-refractivity contribution >= 4 is 17.7 Å². The molecule has 1 aliphatic heterocycles. The number of hydrogen-bond acceptors (Lipinski definition) is 4. The molecule has 1 saturated carbocycles. The lowest BCUT2D eigenvalue weighted by molar-refractivity contribution is -0.118. The number of nitrogens with one attached hydrogen (secondary N) is 1. The minimum Gasteiger partial charge on any atom is -0.444 e. The van der Waals surface area contributed by atoms with Crippen molar-refractivity contribution in [2.75, 3.05) is 18.4 Å². The number of carbonyl (C=O) groups excluding carboxylic acids is 2. The Morgan fingerprint density at radius 3 is 2.46 bits per heavy atom. The van der Waals surface area contributed by atoms with Gasteiger partial charge in [0.05, 0.1) is 0 Å². The molecule has 0 bridgehead atoms. The Morgan fingerprint density at radius 2 is 1.88 bits per heavy atom. The van der Waals surface area contributed by atoms with Crippen LogP contribution in [-0.4, -0.2) is 40.6 Å². The Hall–Kier alpha value is -2.11. The van der Waals surface area contributed by atoms with Crippen LogP contribution in [0.4, 0.5) is 10.5 Å². The summed E-state index contributed by atoms with van der Waals surface area (Å²) in [5.74, 6) is 0.123. The van der Waals surface area contributed by atoms with E-state index >= 15 is 0 Å². The fourth-order valence-corrected chi connectivity index (χ4v) is 3.40. The smallest absolute Gasteiger partial charge is 0.410 e. The topological polar surface area (TPSA) is 71.5 Å². The standard InChI is InChI=1S/C18H25N3O3/c1-17(2,3)24-16(23)21-10-6-18(7-11-21)12-14(18)15(22)20-13-4-8-19-9-5-13/h4-5,8-9,14H,6-7,10-12H2,1-3H3,(H,19,20,22). The minimum absolute atomic E-state index is 0.0476. The molecule has 130 valence electrons. The Labute approximate surface area is 142 Å². The second-order valence-corrected chi connectivity index (χ2v) is 7.81. The lowest BCUT2D eigenvalue weighted by atomic mass is 9.91. The van der Waals surface area contributed by atoms with Crippen LogP contribution in [-0.2, 0) is 9.53 Å². The van der Waals surface area contributed by atoms with Crippen LogP contribution in [0.1, 0.15) is 40.0 Å². The Bertz CT molecular complexity index is 616. The number of piperidine rings is 1. The highest BCUT2D eigenvalue weighted by Crippen LogP contribution is 2.59. The van der Waals surface area contributed by atoms with E-state index in [1.807, 2.05) is 20.8 Å². The number of aromatic nitrogens is 1. The van der Waals surface area contributed by atoms with Gasteiger partial charge in [-0.3, -0.25) is 9.78 Å². The molecule has 2 fully saturated rings. The quantitative estimate of drug-likeness (QED) is 0.904. The first-order chi connectivity index (χ1) is 11.3. The van der Waals surface area contributed by atoms with Crippen molar-refractivity contribution in [2.45, 2.75) is 45.6 Å². The lowest BCUT2D eigenvalue weighted by Gasteiger charge is -2.34. The van der Waals surface area contributed by atoms with Crippen LogP contribution in [0.25, 0.3) is 0 Å². The molecule has 2 heterocycles.